The van der Waals surface area contributed by atoms with Crippen LogP contribution in [0.4, 0.5) is 0 Å². The van der Waals surface area contributed by atoms with Crippen molar-refractivity contribution < 1.29 is 0 Å². The Hall–Kier alpha value is -3.54. The van der Waals surface area contributed by atoms with Crippen molar-refractivity contribution in [3.63, 3.8) is 0 Å². The molecule has 0 aliphatic carbocycles. The zero-order valence-corrected chi connectivity index (χ0v) is 23.0. The van der Waals surface area contributed by atoms with Crippen LogP contribution < -0.4 is 32.1 Å². The fourth-order valence-corrected chi connectivity index (χ4v) is 6.19. The van der Waals surface area contributed by atoms with Crippen LogP contribution >= 0.6 is 0 Å². The van der Waals surface area contributed by atoms with E-state index in [2.05, 4.69) is 60.6 Å². The lowest BCUT2D eigenvalue weighted by atomic mass is 9.82. The van der Waals surface area contributed by atoms with E-state index in [0.29, 0.717) is 20.0 Å². The summed E-state index contributed by atoms with van der Waals surface area (Å²) in [4.78, 5) is 28.8. The van der Waals surface area contributed by atoms with Gasteiger partial charge < -0.3 is 0 Å². The second kappa shape index (κ2) is 8.79. The van der Waals surface area contributed by atoms with Crippen LogP contribution in [0.3, 0.4) is 0 Å². The number of fused-ring (bicyclic) bond motifs is 3. The molecule has 3 heterocycles. The minimum atomic E-state index is 0.202. The molecule has 37 heavy (non-hydrogen) atoms. The Bertz CT molecular complexity index is 1880. The first-order valence-corrected chi connectivity index (χ1v) is 13.2. The van der Waals surface area contributed by atoms with Crippen molar-refractivity contribution in [3.05, 3.63) is 99.9 Å². The van der Waals surface area contributed by atoms with Gasteiger partial charge in [-0.1, -0.05) is 12.1 Å². The molecule has 1 unspecified atom stereocenters. The number of aryl methyl sites for hydroxylation is 2. The molecule has 1 atom stereocenters. The molecule has 3 aromatic carbocycles. The smallest absolute Gasteiger partial charge is 0.130 e. The molecular weight excluding hydrogens is 456 g/mol. The standard InChI is InChI=1S/C31H34N6/c1-15-8-23(29-26(17(15)3)32-12-35-29)10-22(25-9-16(2)18(4)27-31(25)37-13-33-27)11-24-20(6)19(5)21(7)28-30(24)36-14-34-28/h8-9,22H,10-14H2,1-7H3. The molecule has 3 aliphatic heterocycles. The Morgan fingerprint density at radius 3 is 1.70 bits per heavy atom. The summed E-state index contributed by atoms with van der Waals surface area (Å²) >= 11 is 0. The molecule has 3 aliphatic rings. The first-order chi connectivity index (χ1) is 17.8. The van der Waals surface area contributed by atoms with Gasteiger partial charge in [0.2, 0.25) is 0 Å². The second-order valence-corrected chi connectivity index (χ2v) is 10.8. The highest BCUT2D eigenvalue weighted by molar-refractivity contribution is 5.42. The quantitative estimate of drug-likeness (QED) is 0.525. The molecule has 6 nitrogen and oxygen atoms in total. The molecule has 0 saturated heterocycles. The molecule has 6 heteroatoms. The van der Waals surface area contributed by atoms with E-state index >= 15 is 0 Å². The number of hydrogen-bond acceptors (Lipinski definition) is 6. The van der Waals surface area contributed by atoms with E-state index in [9.17, 15) is 0 Å². The minimum Gasteiger partial charge on any atom is -0.259 e. The molecule has 0 saturated carbocycles. The van der Waals surface area contributed by atoms with Crippen LogP contribution in [0.15, 0.2) is 42.1 Å². The summed E-state index contributed by atoms with van der Waals surface area (Å²) < 4.78 is 0. The van der Waals surface area contributed by atoms with Gasteiger partial charge in [-0.05, 0) is 123 Å². The van der Waals surface area contributed by atoms with Crippen molar-refractivity contribution in [1.82, 2.24) is 0 Å². The summed E-state index contributed by atoms with van der Waals surface area (Å²) in [6.07, 6.45) is 1.74. The van der Waals surface area contributed by atoms with Crippen LogP contribution in [-0.2, 0) is 12.8 Å². The third-order valence-corrected chi connectivity index (χ3v) is 8.86. The molecular formula is C31H34N6. The van der Waals surface area contributed by atoms with E-state index in [1.54, 1.807) is 0 Å². The topological polar surface area (TPSA) is 74.2 Å². The number of nitrogens with zero attached hydrogens (tertiary/aromatic N) is 6. The Kier molecular flexibility index (Phi) is 5.66. The van der Waals surface area contributed by atoms with Crippen LogP contribution in [0.1, 0.15) is 61.6 Å². The summed E-state index contributed by atoms with van der Waals surface area (Å²) in [7, 11) is 0. The fourth-order valence-electron chi connectivity index (χ4n) is 6.19. The average Bonchev–Trinajstić information content (AvgIpc) is 3.65. The monoisotopic (exact) mass is 490 g/mol. The second-order valence-electron chi connectivity index (χ2n) is 10.8. The van der Waals surface area contributed by atoms with Gasteiger partial charge in [-0.2, -0.15) is 0 Å². The zero-order chi connectivity index (χ0) is 26.0. The van der Waals surface area contributed by atoms with Gasteiger partial charge in [-0.3, -0.25) is 30.0 Å². The fraction of sp³-hybridized carbons (Fsp3) is 0.419. The van der Waals surface area contributed by atoms with E-state index in [4.69, 9.17) is 30.0 Å². The maximum atomic E-state index is 4.89. The van der Waals surface area contributed by atoms with Crippen LogP contribution in [0.2, 0.25) is 0 Å². The van der Waals surface area contributed by atoms with Crippen molar-refractivity contribution in [3.8, 4) is 0 Å². The summed E-state index contributed by atoms with van der Waals surface area (Å²) in [6.45, 7) is 16.9. The lowest BCUT2D eigenvalue weighted by Crippen LogP contribution is -2.36. The van der Waals surface area contributed by atoms with E-state index in [0.717, 1.165) is 45.0 Å². The van der Waals surface area contributed by atoms with Crippen molar-refractivity contribution in [2.75, 3.05) is 20.0 Å². The summed E-state index contributed by atoms with van der Waals surface area (Å²) in [5, 5.41) is 6.41. The SMILES string of the molecule is Cc1cc(CC(Cc2c(C)c(C)c(C)c3c2=NCN=3)c2cc(C)c(C)c3c2=NCN=3)c2c(c1C)=NCN=2. The van der Waals surface area contributed by atoms with Gasteiger partial charge in [0.15, 0.2) is 0 Å². The molecule has 3 aromatic rings. The maximum Gasteiger partial charge on any atom is 0.130 e. The Morgan fingerprint density at radius 1 is 0.514 bits per heavy atom. The van der Waals surface area contributed by atoms with Gasteiger partial charge in [0.25, 0.3) is 0 Å². The highest BCUT2D eigenvalue weighted by Gasteiger charge is 2.24. The summed E-state index contributed by atoms with van der Waals surface area (Å²) in [5.74, 6) is 0.202. The largest absolute Gasteiger partial charge is 0.259 e. The van der Waals surface area contributed by atoms with Crippen molar-refractivity contribution in [2.24, 2.45) is 30.0 Å². The minimum absolute atomic E-state index is 0.202. The Morgan fingerprint density at radius 2 is 1.03 bits per heavy atom. The maximum absolute atomic E-state index is 4.89. The lowest BCUT2D eigenvalue weighted by Gasteiger charge is -2.22. The number of rotatable bonds is 5. The number of hydrogen-bond donors (Lipinski definition) is 0. The Labute approximate surface area is 217 Å². The van der Waals surface area contributed by atoms with E-state index in [1.807, 2.05) is 0 Å². The molecule has 0 N–H and O–H groups in total. The predicted molar refractivity (Wildman–Crippen MR) is 144 cm³/mol. The molecule has 0 spiro atoms. The highest BCUT2D eigenvalue weighted by atomic mass is 15.0. The van der Waals surface area contributed by atoms with Crippen LogP contribution in [0, 0.1) is 48.5 Å². The lowest BCUT2D eigenvalue weighted by molar-refractivity contribution is 0.659. The summed E-state index contributed by atoms with van der Waals surface area (Å²) in [6, 6.07) is 4.68. The van der Waals surface area contributed by atoms with Gasteiger partial charge in [0, 0.05) is 0 Å². The molecule has 0 fully saturated rings. The van der Waals surface area contributed by atoms with Gasteiger partial charge in [0.1, 0.15) is 20.0 Å². The molecule has 0 radical (unpaired) electrons. The van der Waals surface area contributed by atoms with Crippen LogP contribution in [-0.4, -0.2) is 20.0 Å². The van der Waals surface area contributed by atoms with Crippen molar-refractivity contribution in [1.29, 1.82) is 0 Å². The van der Waals surface area contributed by atoms with E-state index in [-0.39, 0.29) is 5.92 Å². The molecule has 0 bridgehead atoms. The van der Waals surface area contributed by atoms with Crippen LogP contribution in [0.25, 0.3) is 0 Å². The van der Waals surface area contributed by atoms with E-state index in [1.165, 1.54) is 55.6 Å². The van der Waals surface area contributed by atoms with Gasteiger partial charge in [0.05, 0.1) is 32.1 Å². The third-order valence-electron chi connectivity index (χ3n) is 8.86. The zero-order valence-electron chi connectivity index (χ0n) is 23.0. The van der Waals surface area contributed by atoms with E-state index < -0.39 is 0 Å². The van der Waals surface area contributed by atoms with Crippen molar-refractivity contribution >= 4 is 0 Å². The average molecular weight is 491 g/mol. The van der Waals surface area contributed by atoms with Gasteiger partial charge >= 0.3 is 0 Å². The molecule has 188 valence electrons. The normalized spacial score (nSPS) is 15.4. The molecule has 0 amide bonds. The summed E-state index contributed by atoms with van der Waals surface area (Å²) in [5.41, 5.74) is 12.8. The highest BCUT2D eigenvalue weighted by Crippen LogP contribution is 2.26. The van der Waals surface area contributed by atoms with Crippen molar-refractivity contribution in [2.45, 2.75) is 67.2 Å². The molecule has 6 rings (SSSR count). The van der Waals surface area contributed by atoms with Crippen LogP contribution in [0.5, 0.6) is 0 Å². The predicted octanol–water partition coefficient (Wildman–Crippen LogP) is 2.05. The first-order valence-electron chi connectivity index (χ1n) is 13.2. The third kappa shape index (κ3) is 3.68. The first kappa shape index (κ1) is 23.8. The van der Waals surface area contributed by atoms with Gasteiger partial charge in [-0.25, -0.2) is 0 Å². The molecule has 0 aromatic heterocycles. The van der Waals surface area contributed by atoms with Gasteiger partial charge in [-0.15, -0.1) is 0 Å². The Balaban J connectivity index is 1.59. The number of benzene rings is 3.